The summed E-state index contributed by atoms with van der Waals surface area (Å²) in [5.74, 6) is 2.22. The van der Waals surface area contributed by atoms with Gasteiger partial charge in [-0.05, 0) is 38.5 Å². The lowest BCUT2D eigenvalue weighted by atomic mass is 9.89. The molecule has 0 heterocycles. The summed E-state index contributed by atoms with van der Waals surface area (Å²) in [6.45, 7) is 3.82. The van der Waals surface area contributed by atoms with Crippen LogP contribution in [-0.4, -0.2) is 24.1 Å². The molecule has 0 saturated heterocycles. The zero-order valence-corrected chi connectivity index (χ0v) is 11.7. The Bertz CT molecular complexity index is 348. The van der Waals surface area contributed by atoms with Crippen molar-refractivity contribution >= 4 is 11.9 Å². The zero-order valence-electron chi connectivity index (χ0n) is 11.7. The van der Waals surface area contributed by atoms with Crippen LogP contribution in [0.25, 0.3) is 0 Å². The van der Waals surface area contributed by atoms with Gasteiger partial charge in [-0.3, -0.25) is 9.59 Å². The molecule has 1 saturated carbocycles. The van der Waals surface area contributed by atoms with Crippen molar-refractivity contribution in [3.8, 4) is 12.3 Å². The standard InChI is InChI=1S/C15H22O4/c1-4-12(3)18-14(16)9-10-15(17)19-13-7-5-11(2)6-8-13/h1,11-13H,5-10H2,2-3H3. The minimum absolute atomic E-state index is 0.0179. The van der Waals surface area contributed by atoms with Crippen LogP contribution in [0.1, 0.15) is 52.4 Å². The first-order valence-corrected chi connectivity index (χ1v) is 6.86. The van der Waals surface area contributed by atoms with E-state index in [0.29, 0.717) is 0 Å². The van der Waals surface area contributed by atoms with E-state index >= 15 is 0 Å². The highest BCUT2D eigenvalue weighted by Crippen LogP contribution is 2.25. The first-order valence-electron chi connectivity index (χ1n) is 6.86. The van der Waals surface area contributed by atoms with E-state index in [0.717, 1.165) is 31.6 Å². The Hall–Kier alpha value is -1.50. The molecule has 1 rings (SSSR count). The van der Waals surface area contributed by atoms with Crippen molar-refractivity contribution < 1.29 is 19.1 Å². The second-order valence-electron chi connectivity index (χ2n) is 5.17. The molecule has 106 valence electrons. The van der Waals surface area contributed by atoms with Crippen LogP contribution >= 0.6 is 0 Å². The van der Waals surface area contributed by atoms with Gasteiger partial charge in [0.05, 0.1) is 12.8 Å². The molecule has 1 atom stereocenters. The van der Waals surface area contributed by atoms with Crippen molar-refractivity contribution in [3.63, 3.8) is 0 Å². The number of hydrogen-bond donors (Lipinski definition) is 0. The minimum atomic E-state index is -0.552. The number of carbonyl (C=O) groups is 2. The molecule has 1 aliphatic carbocycles. The molecule has 1 aliphatic rings. The fraction of sp³-hybridized carbons (Fsp3) is 0.733. The summed E-state index contributed by atoms with van der Waals surface area (Å²) in [6, 6.07) is 0. The van der Waals surface area contributed by atoms with Crippen molar-refractivity contribution in [2.24, 2.45) is 5.92 Å². The Labute approximate surface area is 114 Å². The molecule has 0 bridgehead atoms. The van der Waals surface area contributed by atoms with Crippen LogP contribution < -0.4 is 0 Å². The van der Waals surface area contributed by atoms with E-state index in [9.17, 15) is 9.59 Å². The first kappa shape index (κ1) is 15.6. The highest BCUT2D eigenvalue weighted by Gasteiger charge is 2.21. The highest BCUT2D eigenvalue weighted by molar-refractivity contribution is 5.77. The Morgan fingerprint density at radius 3 is 2.37 bits per heavy atom. The van der Waals surface area contributed by atoms with E-state index in [1.54, 1.807) is 6.92 Å². The maximum absolute atomic E-state index is 11.6. The smallest absolute Gasteiger partial charge is 0.307 e. The maximum Gasteiger partial charge on any atom is 0.307 e. The van der Waals surface area contributed by atoms with Crippen molar-refractivity contribution in [2.45, 2.75) is 64.6 Å². The summed E-state index contributed by atoms with van der Waals surface area (Å²) in [5.41, 5.74) is 0. The number of esters is 2. The van der Waals surface area contributed by atoms with Crippen LogP contribution in [0.5, 0.6) is 0 Å². The Morgan fingerprint density at radius 1 is 1.21 bits per heavy atom. The predicted octanol–water partition coefficient (Wildman–Crippen LogP) is 2.45. The lowest BCUT2D eigenvalue weighted by Crippen LogP contribution is -2.24. The molecular weight excluding hydrogens is 244 g/mol. The molecule has 0 spiro atoms. The Balaban J connectivity index is 2.17. The van der Waals surface area contributed by atoms with Crippen molar-refractivity contribution in [3.05, 3.63) is 0 Å². The average molecular weight is 266 g/mol. The number of carbonyl (C=O) groups excluding carboxylic acids is 2. The molecule has 1 fully saturated rings. The minimum Gasteiger partial charge on any atom is -0.462 e. The number of rotatable bonds is 5. The third kappa shape index (κ3) is 6.28. The fourth-order valence-corrected chi connectivity index (χ4v) is 2.09. The van der Waals surface area contributed by atoms with E-state index in [2.05, 4.69) is 12.8 Å². The molecule has 0 aromatic heterocycles. The van der Waals surface area contributed by atoms with E-state index in [4.69, 9.17) is 15.9 Å². The largest absolute Gasteiger partial charge is 0.462 e. The summed E-state index contributed by atoms with van der Waals surface area (Å²) in [5, 5.41) is 0. The van der Waals surface area contributed by atoms with Gasteiger partial charge in [-0.25, -0.2) is 0 Å². The van der Waals surface area contributed by atoms with Crippen molar-refractivity contribution in [1.29, 1.82) is 0 Å². The van der Waals surface area contributed by atoms with Crippen LogP contribution in [0.4, 0.5) is 0 Å². The van der Waals surface area contributed by atoms with Gasteiger partial charge in [0.1, 0.15) is 6.10 Å². The van der Waals surface area contributed by atoms with Crippen LogP contribution in [0.2, 0.25) is 0 Å². The molecule has 0 radical (unpaired) electrons. The Morgan fingerprint density at radius 2 is 1.79 bits per heavy atom. The average Bonchev–Trinajstić information content (AvgIpc) is 2.39. The van der Waals surface area contributed by atoms with Gasteiger partial charge in [0.15, 0.2) is 6.10 Å². The molecule has 0 aromatic rings. The quantitative estimate of drug-likeness (QED) is 0.566. The highest BCUT2D eigenvalue weighted by atomic mass is 16.5. The van der Waals surface area contributed by atoms with Crippen LogP contribution in [0, 0.1) is 18.3 Å². The summed E-state index contributed by atoms with van der Waals surface area (Å²) in [4.78, 5) is 22.9. The molecular formula is C15H22O4. The summed E-state index contributed by atoms with van der Waals surface area (Å²) >= 11 is 0. The van der Waals surface area contributed by atoms with E-state index < -0.39 is 12.1 Å². The van der Waals surface area contributed by atoms with Crippen LogP contribution in [0.15, 0.2) is 0 Å². The lowest BCUT2D eigenvalue weighted by molar-refractivity contribution is -0.155. The topological polar surface area (TPSA) is 52.6 Å². The molecule has 4 heteroatoms. The van der Waals surface area contributed by atoms with Gasteiger partial charge >= 0.3 is 11.9 Å². The molecule has 19 heavy (non-hydrogen) atoms. The van der Waals surface area contributed by atoms with Gasteiger partial charge in [-0.2, -0.15) is 0 Å². The number of ether oxygens (including phenoxy) is 2. The molecule has 0 aliphatic heterocycles. The lowest BCUT2D eigenvalue weighted by Gasteiger charge is -2.25. The SMILES string of the molecule is C#CC(C)OC(=O)CCC(=O)OC1CCC(C)CC1. The van der Waals surface area contributed by atoms with E-state index in [-0.39, 0.29) is 24.9 Å². The van der Waals surface area contributed by atoms with E-state index in [1.165, 1.54) is 0 Å². The number of terminal acetylenes is 1. The summed E-state index contributed by atoms with van der Waals surface area (Å²) in [6.07, 6.45) is 8.68. The molecule has 0 N–H and O–H groups in total. The van der Waals surface area contributed by atoms with Gasteiger partial charge in [0, 0.05) is 0 Å². The van der Waals surface area contributed by atoms with Gasteiger partial charge in [-0.1, -0.05) is 12.8 Å². The predicted molar refractivity (Wildman–Crippen MR) is 71.1 cm³/mol. The summed E-state index contributed by atoms with van der Waals surface area (Å²) < 4.78 is 10.2. The molecule has 0 aromatic carbocycles. The Kier molecular flexibility index (Phi) is 6.41. The van der Waals surface area contributed by atoms with Crippen LogP contribution in [-0.2, 0) is 19.1 Å². The van der Waals surface area contributed by atoms with Gasteiger partial charge < -0.3 is 9.47 Å². The second kappa shape index (κ2) is 7.83. The first-order chi connectivity index (χ1) is 9.01. The zero-order chi connectivity index (χ0) is 14.3. The third-order valence-corrected chi connectivity index (χ3v) is 3.34. The van der Waals surface area contributed by atoms with Gasteiger partial charge in [0.2, 0.25) is 0 Å². The maximum atomic E-state index is 11.6. The van der Waals surface area contributed by atoms with Crippen molar-refractivity contribution in [1.82, 2.24) is 0 Å². The van der Waals surface area contributed by atoms with Crippen LogP contribution in [0.3, 0.4) is 0 Å². The molecule has 4 nitrogen and oxygen atoms in total. The van der Waals surface area contributed by atoms with Crippen molar-refractivity contribution in [2.75, 3.05) is 0 Å². The van der Waals surface area contributed by atoms with E-state index in [1.807, 2.05) is 0 Å². The summed E-state index contributed by atoms with van der Waals surface area (Å²) in [7, 11) is 0. The molecule has 0 amide bonds. The molecule has 1 unspecified atom stereocenters. The fourth-order valence-electron chi connectivity index (χ4n) is 2.09. The number of hydrogen-bond acceptors (Lipinski definition) is 4. The van der Waals surface area contributed by atoms with Gasteiger partial charge in [0.25, 0.3) is 0 Å². The third-order valence-electron chi connectivity index (χ3n) is 3.34. The monoisotopic (exact) mass is 266 g/mol. The second-order valence-corrected chi connectivity index (χ2v) is 5.17. The van der Waals surface area contributed by atoms with Gasteiger partial charge in [-0.15, -0.1) is 6.42 Å². The normalized spacial score (nSPS) is 24.1.